The molecule has 5 nitrogen and oxygen atoms in total. The molecule has 18 heavy (non-hydrogen) atoms. The Morgan fingerprint density at radius 2 is 2.28 bits per heavy atom. The van der Waals surface area contributed by atoms with E-state index in [9.17, 15) is 0 Å². The molecule has 3 rings (SSSR count). The Morgan fingerprint density at radius 1 is 1.39 bits per heavy atom. The molecular weight excluding hydrogens is 226 g/mol. The second-order valence-electron chi connectivity index (χ2n) is 4.96. The van der Waals surface area contributed by atoms with Gasteiger partial charge in [0, 0.05) is 19.3 Å². The van der Waals surface area contributed by atoms with Crippen LogP contribution in [0.25, 0.3) is 5.69 Å². The lowest BCUT2D eigenvalue weighted by atomic mass is 10.0. The van der Waals surface area contributed by atoms with Gasteiger partial charge < -0.3 is 5.32 Å². The first-order chi connectivity index (χ1) is 8.75. The Labute approximate surface area is 107 Å². The summed E-state index contributed by atoms with van der Waals surface area (Å²) in [5.74, 6) is 0. The van der Waals surface area contributed by atoms with Crippen LogP contribution in [-0.2, 0) is 7.05 Å². The number of imidazole rings is 1. The first kappa shape index (κ1) is 11.5. The topological polar surface area (TPSA) is 47.7 Å². The quantitative estimate of drug-likeness (QED) is 0.876. The van der Waals surface area contributed by atoms with Crippen molar-refractivity contribution in [3.05, 3.63) is 30.1 Å². The van der Waals surface area contributed by atoms with Gasteiger partial charge in [0.1, 0.15) is 0 Å². The van der Waals surface area contributed by atoms with E-state index in [-0.39, 0.29) is 0 Å². The molecule has 96 valence electrons. The molecule has 5 heteroatoms. The monoisotopic (exact) mass is 245 g/mol. The van der Waals surface area contributed by atoms with E-state index in [1.807, 2.05) is 37.4 Å². The molecule has 1 aliphatic heterocycles. The summed E-state index contributed by atoms with van der Waals surface area (Å²) >= 11 is 0. The third-order valence-electron chi connectivity index (χ3n) is 3.58. The predicted molar refractivity (Wildman–Crippen MR) is 69.7 cm³/mol. The normalized spacial score (nSPS) is 20.2. The van der Waals surface area contributed by atoms with Crippen molar-refractivity contribution < 1.29 is 0 Å². The Bertz CT molecular complexity index is 533. The number of piperidine rings is 1. The van der Waals surface area contributed by atoms with Crippen molar-refractivity contribution in [1.82, 2.24) is 24.6 Å². The largest absolute Gasteiger partial charge is 0.309 e. The van der Waals surface area contributed by atoms with Crippen molar-refractivity contribution in [2.24, 2.45) is 7.05 Å². The van der Waals surface area contributed by atoms with Crippen molar-refractivity contribution in [1.29, 1.82) is 0 Å². The van der Waals surface area contributed by atoms with Crippen molar-refractivity contribution in [3.8, 4) is 5.69 Å². The molecule has 0 aliphatic carbocycles. The summed E-state index contributed by atoms with van der Waals surface area (Å²) in [5, 5.41) is 7.97. The first-order valence-corrected chi connectivity index (χ1v) is 6.52. The zero-order valence-electron chi connectivity index (χ0n) is 10.9. The molecule has 1 N–H and O–H groups in total. The average molecular weight is 245 g/mol. The Hall–Kier alpha value is -1.62. The standard InChI is InChI=1S/C13H19N5/c1-10-13(8-17(2)16-10)18-9-14-7-12(18)11-5-3-4-6-15-11/h7-9,11,15H,3-6H2,1-2H3. The van der Waals surface area contributed by atoms with Gasteiger partial charge in [-0.2, -0.15) is 5.10 Å². The number of nitrogens with one attached hydrogen (secondary N) is 1. The highest BCUT2D eigenvalue weighted by Gasteiger charge is 2.20. The van der Waals surface area contributed by atoms with Crippen LogP contribution in [0.3, 0.4) is 0 Å². The predicted octanol–water partition coefficient (Wildman–Crippen LogP) is 1.73. The summed E-state index contributed by atoms with van der Waals surface area (Å²) < 4.78 is 4.01. The third-order valence-corrected chi connectivity index (χ3v) is 3.58. The maximum absolute atomic E-state index is 4.40. The molecule has 3 heterocycles. The van der Waals surface area contributed by atoms with E-state index in [4.69, 9.17) is 0 Å². The summed E-state index contributed by atoms with van der Waals surface area (Å²) in [6, 6.07) is 0.417. The fraction of sp³-hybridized carbons (Fsp3) is 0.538. The summed E-state index contributed by atoms with van der Waals surface area (Å²) in [5.41, 5.74) is 3.40. The van der Waals surface area contributed by atoms with Gasteiger partial charge in [0.15, 0.2) is 0 Å². The van der Waals surface area contributed by atoms with Crippen LogP contribution in [0.15, 0.2) is 18.7 Å². The van der Waals surface area contributed by atoms with Gasteiger partial charge in [-0.05, 0) is 26.3 Å². The SMILES string of the molecule is Cc1nn(C)cc1-n1cncc1C1CCCCN1. The van der Waals surface area contributed by atoms with Crippen LogP contribution >= 0.6 is 0 Å². The van der Waals surface area contributed by atoms with Crippen LogP contribution in [-0.4, -0.2) is 25.9 Å². The lowest BCUT2D eigenvalue weighted by Gasteiger charge is -2.24. The molecule has 0 spiro atoms. The van der Waals surface area contributed by atoms with Gasteiger partial charge in [-0.1, -0.05) is 6.42 Å². The Balaban J connectivity index is 1.98. The molecule has 0 radical (unpaired) electrons. The first-order valence-electron chi connectivity index (χ1n) is 6.52. The smallest absolute Gasteiger partial charge is 0.0995 e. The second-order valence-corrected chi connectivity index (χ2v) is 4.96. The van der Waals surface area contributed by atoms with E-state index < -0.39 is 0 Å². The number of hydrogen-bond acceptors (Lipinski definition) is 3. The number of aromatic nitrogens is 4. The zero-order valence-corrected chi connectivity index (χ0v) is 10.9. The molecule has 0 bridgehead atoms. The molecule has 0 saturated carbocycles. The number of rotatable bonds is 2. The van der Waals surface area contributed by atoms with Crippen LogP contribution in [0.2, 0.25) is 0 Å². The third kappa shape index (κ3) is 1.95. The highest BCUT2D eigenvalue weighted by molar-refractivity contribution is 5.36. The molecule has 1 saturated heterocycles. The fourth-order valence-electron chi connectivity index (χ4n) is 2.69. The maximum Gasteiger partial charge on any atom is 0.0995 e. The fourth-order valence-corrected chi connectivity index (χ4v) is 2.69. The van der Waals surface area contributed by atoms with Crippen LogP contribution in [0.1, 0.15) is 36.7 Å². The molecular formula is C13H19N5. The van der Waals surface area contributed by atoms with E-state index in [1.165, 1.54) is 25.0 Å². The van der Waals surface area contributed by atoms with Gasteiger partial charge in [-0.25, -0.2) is 4.98 Å². The van der Waals surface area contributed by atoms with Gasteiger partial charge in [-0.3, -0.25) is 9.25 Å². The zero-order chi connectivity index (χ0) is 12.5. The number of aryl methyl sites for hydroxylation is 2. The lowest BCUT2D eigenvalue weighted by molar-refractivity contribution is 0.402. The van der Waals surface area contributed by atoms with Crippen LogP contribution < -0.4 is 5.32 Å². The van der Waals surface area contributed by atoms with Crippen LogP contribution in [0.5, 0.6) is 0 Å². The Morgan fingerprint density at radius 3 is 2.94 bits per heavy atom. The highest BCUT2D eigenvalue weighted by atomic mass is 15.3. The van der Waals surface area contributed by atoms with E-state index >= 15 is 0 Å². The summed E-state index contributed by atoms with van der Waals surface area (Å²) in [7, 11) is 1.95. The average Bonchev–Trinajstić information content (AvgIpc) is 2.96. The number of nitrogens with zero attached hydrogens (tertiary/aromatic N) is 4. The van der Waals surface area contributed by atoms with Crippen LogP contribution in [0, 0.1) is 6.92 Å². The van der Waals surface area contributed by atoms with Gasteiger partial charge in [0.25, 0.3) is 0 Å². The van der Waals surface area contributed by atoms with E-state index in [0.29, 0.717) is 6.04 Å². The Kier molecular flexibility index (Phi) is 2.91. The molecule has 0 amide bonds. The van der Waals surface area contributed by atoms with Crippen molar-refractivity contribution in [2.75, 3.05) is 6.54 Å². The van der Waals surface area contributed by atoms with Gasteiger partial charge in [0.05, 0.1) is 29.6 Å². The molecule has 1 unspecified atom stereocenters. The second kappa shape index (κ2) is 4.57. The van der Waals surface area contributed by atoms with Crippen LogP contribution in [0.4, 0.5) is 0 Å². The molecule has 2 aromatic heterocycles. The lowest BCUT2D eigenvalue weighted by Crippen LogP contribution is -2.28. The van der Waals surface area contributed by atoms with E-state index in [0.717, 1.165) is 17.9 Å². The maximum atomic E-state index is 4.40. The van der Waals surface area contributed by atoms with Gasteiger partial charge >= 0.3 is 0 Å². The van der Waals surface area contributed by atoms with Gasteiger partial charge in [-0.15, -0.1) is 0 Å². The molecule has 1 fully saturated rings. The molecule has 0 aromatic carbocycles. The minimum atomic E-state index is 0.417. The molecule has 1 aliphatic rings. The summed E-state index contributed by atoms with van der Waals surface area (Å²) in [6.45, 7) is 3.13. The molecule has 2 aromatic rings. The van der Waals surface area contributed by atoms with Crippen molar-refractivity contribution in [2.45, 2.75) is 32.2 Å². The van der Waals surface area contributed by atoms with E-state index in [2.05, 4.69) is 20.0 Å². The minimum Gasteiger partial charge on any atom is -0.309 e. The minimum absolute atomic E-state index is 0.417. The van der Waals surface area contributed by atoms with Crippen molar-refractivity contribution >= 4 is 0 Å². The number of hydrogen-bond donors (Lipinski definition) is 1. The van der Waals surface area contributed by atoms with Crippen molar-refractivity contribution in [3.63, 3.8) is 0 Å². The highest BCUT2D eigenvalue weighted by Crippen LogP contribution is 2.25. The summed E-state index contributed by atoms with van der Waals surface area (Å²) in [6.07, 6.45) is 9.64. The molecule has 1 atom stereocenters. The van der Waals surface area contributed by atoms with Gasteiger partial charge in [0.2, 0.25) is 0 Å². The van der Waals surface area contributed by atoms with E-state index in [1.54, 1.807) is 0 Å². The summed E-state index contributed by atoms with van der Waals surface area (Å²) in [4.78, 5) is 4.31.